The van der Waals surface area contributed by atoms with Gasteiger partial charge in [0.15, 0.2) is 9.84 Å². The maximum atomic E-state index is 11.5. The zero-order chi connectivity index (χ0) is 14.8. The van der Waals surface area contributed by atoms with Crippen LogP contribution in [0.3, 0.4) is 0 Å². The summed E-state index contributed by atoms with van der Waals surface area (Å²) in [6.45, 7) is 3.14. The number of hydrogen-bond acceptors (Lipinski definition) is 4. The Kier molecular flexibility index (Phi) is 4.94. The van der Waals surface area contributed by atoms with E-state index in [1.807, 2.05) is 18.2 Å². The molecule has 2 rings (SSSR count). The molecular weight excluding hydrogens is 296 g/mol. The normalized spacial score (nSPS) is 19.9. The third-order valence-corrected chi connectivity index (χ3v) is 5.58. The molecule has 2 N–H and O–H groups in total. The highest BCUT2D eigenvalue weighted by Gasteiger charge is 2.23. The van der Waals surface area contributed by atoms with Crippen LogP contribution in [-0.2, 0) is 16.3 Å². The molecule has 1 heterocycles. The molecule has 1 atom stereocenters. The molecule has 1 fully saturated rings. The summed E-state index contributed by atoms with van der Waals surface area (Å²) in [5.74, 6) is 0.434. The topological polar surface area (TPSA) is 63.4 Å². The standard InChI is InChI=1S/C14H21ClN2O2S/c1-2-13(16)10-11-9-12(15)3-4-14(11)17-5-7-20(18,19)8-6-17/h3-4,9,13H,2,5-8,10,16H2,1H3. The van der Waals surface area contributed by atoms with E-state index in [-0.39, 0.29) is 17.5 Å². The molecule has 1 saturated heterocycles. The van der Waals surface area contributed by atoms with Gasteiger partial charge >= 0.3 is 0 Å². The number of benzene rings is 1. The van der Waals surface area contributed by atoms with Crippen molar-refractivity contribution in [1.82, 2.24) is 0 Å². The van der Waals surface area contributed by atoms with Gasteiger partial charge in [-0.3, -0.25) is 0 Å². The third kappa shape index (κ3) is 3.87. The second-order valence-corrected chi connectivity index (χ2v) is 8.02. The number of rotatable bonds is 4. The molecule has 20 heavy (non-hydrogen) atoms. The molecule has 6 heteroatoms. The van der Waals surface area contributed by atoms with Gasteiger partial charge in [-0.25, -0.2) is 8.42 Å². The quantitative estimate of drug-likeness (QED) is 0.921. The molecule has 1 aromatic carbocycles. The molecular formula is C14H21ClN2O2S. The van der Waals surface area contributed by atoms with Gasteiger partial charge in [-0.1, -0.05) is 18.5 Å². The predicted octanol–water partition coefficient (Wildman–Crippen LogP) is 1.85. The Labute approximate surface area is 125 Å². The van der Waals surface area contributed by atoms with Gasteiger partial charge < -0.3 is 10.6 Å². The number of hydrogen-bond donors (Lipinski definition) is 1. The summed E-state index contributed by atoms with van der Waals surface area (Å²) in [5, 5.41) is 0.691. The fourth-order valence-electron chi connectivity index (χ4n) is 2.41. The molecule has 0 amide bonds. The van der Waals surface area contributed by atoms with Crippen LogP contribution in [0.1, 0.15) is 18.9 Å². The van der Waals surface area contributed by atoms with Crippen LogP contribution < -0.4 is 10.6 Å². The molecule has 1 aromatic rings. The first-order chi connectivity index (χ1) is 9.41. The Morgan fingerprint density at radius 1 is 1.35 bits per heavy atom. The Hall–Kier alpha value is -0.780. The molecule has 1 aliphatic rings. The molecule has 1 unspecified atom stereocenters. The zero-order valence-corrected chi connectivity index (χ0v) is 13.3. The van der Waals surface area contributed by atoms with Gasteiger partial charge in [0.1, 0.15) is 0 Å². The van der Waals surface area contributed by atoms with Gasteiger partial charge in [-0.15, -0.1) is 0 Å². The number of nitrogens with two attached hydrogens (primary N) is 1. The molecule has 0 saturated carbocycles. The van der Waals surface area contributed by atoms with Crippen molar-refractivity contribution in [2.75, 3.05) is 29.5 Å². The molecule has 4 nitrogen and oxygen atoms in total. The van der Waals surface area contributed by atoms with Crippen LogP contribution in [0, 0.1) is 0 Å². The maximum Gasteiger partial charge on any atom is 0.153 e. The molecule has 1 aliphatic heterocycles. The lowest BCUT2D eigenvalue weighted by Crippen LogP contribution is -2.41. The second-order valence-electron chi connectivity index (χ2n) is 5.28. The fraction of sp³-hybridized carbons (Fsp3) is 0.571. The Balaban J connectivity index is 2.22. The van der Waals surface area contributed by atoms with E-state index >= 15 is 0 Å². The van der Waals surface area contributed by atoms with Crippen molar-refractivity contribution >= 4 is 27.1 Å². The van der Waals surface area contributed by atoms with Crippen LogP contribution in [-0.4, -0.2) is 39.1 Å². The minimum atomic E-state index is -2.86. The second kappa shape index (κ2) is 6.33. The zero-order valence-electron chi connectivity index (χ0n) is 11.7. The van der Waals surface area contributed by atoms with Gasteiger partial charge in [0, 0.05) is 29.8 Å². The van der Waals surface area contributed by atoms with E-state index in [0.29, 0.717) is 18.1 Å². The highest BCUT2D eigenvalue weighted by atomic mass is 35.5. The van der Waals surface area contributed by atoms with Gasteiger partial charge in [0.25, 0.3) is 0 Å². The van der Waals surface area contributed by atoms with Gasteiger partial charge in [0.05, 0.1) is 11.5 Å². The Bertz CT molecular complexity index is 561. The first-order valence-electron chi connectivity index (χ1n) is 6.90. The van der Waals surface area contributed by atoms with Crippen molar-refractivity contribution in [2.24, 2.45) is 5.73 Å². The highest BCUT2D eigenvalue weighted by Crippen LogP contribution is 2.27. The van der Waals surface area contributed by atoms with Gasteiger partial charge in [0.2, 0.25) is 0 Å². The summed E-state index contributed by atoms with van der Waals surface area (Å²) in [6, 6.07) is 5.86. The van der Waals surface area contributed by atoms with E-state index < -0.39 is 9.84 Å². The van der Waals surface area contributed by atoms with Crippen LogP contribution in [0.4, 0.5) is 5.69 Å². The van der Waals surface area contributed by atoms with Crippen molar-refractivity contribution < 1.29 is 8.42 Å². The summed E-state index contributed by atoms with van der Waals surface area (Å²) < 4.78 is 23.0. The fourth-order valence-corrected chi connectivity index (χ4v) is 3.80. The van der Waals surface area contributed by atoms with Crippen molar-refractivity contribution in [3.8, 4) is 0 Å². The van der Waals surface area contributed by atoms with Crippen molar-refractivity contribution in [3.63, 3.8) is 0 Å². The lowest BCUT2D eigenvalue weighted by atomic mass is 10.0. The Morgan fingerprint density at radius 3 is 2.60 bits per heavy atom. The smallest absolute Gasteiger partial charge is 0.153 e. The van der Waals surface area contributed by atoms with Crippen molar-refractivity contribution in [1.29, 1.82) is 0 Å². The van der Waals surface area contributed by atoms with E-state index in [0.717, 1.165) is 24.1 Å². The minimum absolute atomic E-state index is 0.0979. The summed E-state index contributed by atoms with van der Waals surface area (Å²) >= 11 is 6.07. The number of anilines is 1. The van der Waals surface area contributed by atoms with E-state index in [1.165, 1.54) is 0 Å². The van der Waals surface area contributed by atoms with Crippen LogP contribution in [0.15, 0.2) is 18.2 Å². The maximum absolute atomic E-state index is 11.5. The molecule has 0 bridgehead atoms. The monoisotopic (exact) mass is 316 g/mol. The number of nitrogens with zero attached hydrogens (tertiary/aromatic N) is 1. The summed E-state index contributed by atoms with van der Waals surface area (Å²) in [7, 11) is -2.86. The van der Waals surface area contributed by atoms with Crippen LogP contribution in [0.2, 0.25) is 5.02 Å². The first kappa shape index (κ1) is 15.6. The van der Waals surface area contributed by atoms with Crippen molar-refractivity contribution in [3.05, 3.63) is 28.8 Å². The lowest BCUT2D eigenvalue weighted by molar-refractivity contribution is 0.586. The molecule has 112 valence electrons. The van der Waals surface area contributed by atoms with E-state index in [4.69, 9.17) is 17.3 Å². The van der Waals surface area contributed by atoms with Gasteiger partial charge in [-0.05, 0) is 36.6 Å². The molecule has 0 radical (unpaired) electrons. The van der Waals surface area contributed by atoms with Crippen LogP contribution >= 0.6 is 11.6 Å². The largest absolute Gasteiger partial charge is 0.369 e. The average molecular weight is 317 g/mol. The number of halogens is 1. The Morgan fingerprint density at radius 2 is 2.00 bits per heavy atom. The summed E-state index contributed by atoms with van der Waals surface area (Å²) in [4.78, 5) is 2.12. The predicted molar refractivity (Wildman–Crippen MR) is 84.3 cm³/mol. The lowest BCUT2D eigenvalue weighted by Gasteiger charge is -2.31. The molecule has 0 aliphatic carbocycles. The minimum Gasteiger partial charge on any atom is -0.369 e. The molecule has 0 aromatic heterocycles. The first-order valence-corrected chi connectivity index (χ1v) is 9.10. The summed E-state index contributed by atoms with van der Waals surface area (Å²) in [5.41, 5.74) is 8.21. The SMILES string of the molecule is CCC(N)Cc1cc(Cl)ccc1N1CCS(=O)(=O)CC1. The summed E-state index contributed by atoms with van der Waals surface area (Å²) in [6.07, 6.45) is 1.66. The van der Waals surface area contributed by atoms with Crippen LogP contribution in [0.25, 0.3) is 0 Å². The highest BCUT2D eigenvalue weighted by molar-refractivity contribution is 7.91. The average Bonchev–Trinajstić information content (AvgIpc) is 2.39. The van der Waals surface area contributed by atoms with Gasteiger partial charge in [-0.2, -0.15) is 0 Å². The number of sulfone groups is 1. The van der Waals surface area contributed by atoms with Crippen LogP contribution in [0.5, 0.6) is 0 Å². The van der Waals surface area contributed by atoms with Crippen molar-refractivity contribution in [2.45, 2.75) is 25.8 Å². The van der Waals surface area contributed by atoms with E-state index in [1.54, 1.807) is 0 Å². The third-order valence-electron chi connectivity index (χ3n) is 3.73. The van der Waals surface area contributed by atoms with E-state index in [2.05, 4.69) is 11.8 Å². The molecule has 0 spiro atoms. The van der Waals surface area contributed by atoms with E-state index in [9.17, 15) is 8.42 Å².